The molecular weight excluding hydrogens is 240 g/mol. The summed E-state index contributed by atoms with van der Waals surface area (Å²) < 4.78 is 0. The Bertz CT molecular complexity index is 445. The Morgan fingerprint density at radius 2 is 2.00 bits per heavy atom. The summed E-state index contributed by atoms with van der Waals surface area (Å²) in [7, 11) is 0. The Balaban J connectivity index is 1.73. The van der Waals surface area contributed by atoms with Gasteiger partial charge in [-0.1, -0.05) is 37.5 Å². The molecule has 5 atom stereocenters. The first-order valence-corrected chi connectivity index (χ1v) is 9.03. The average molecular weight is 270 g/mol. The molecule has 0 heterocycles. The molecule has 5 unspecified atom stereocenters. The second kappa shape index (κ2) is 4.49. The van der Waals surface area contributed by atoms with Gasteiger partial charge in [-0.15, -0.1) is 6.58 Å². The van der Waals surface area contributed by atoms with Crippen LogP contribution in [0.4, 0.5) is 0 Å². The topological polar surface area (TPSA) is 0 Å². The van der Waals surface area contributed by atoms with Crippen LogP contribution in [0.15, 0.2) is 24.3 Å². The van der Waals surface area contributed by atoms with Gasteiger partial charge in [-0.25, -0.2) is 0 Å². The summed E-state index contributed by atoms with van der Waals surface area (Å²) in [5.41, 5.74) is 2.87. The average Bonchev–Trinajstić information content (AvgIpc) is 2.88. The molecule has 0 aliphatic heterocycles. The van der Waals surface area contributed by atoms with Crippen LogP contribution in [0.1, 0.15) is 71.1 Å². The maximum atomic E-state index is 4.31. The quantitative estimate of drug-likeness (QED) is 0.521. The van der Waals surface area contributed by atoms with Crippen molar-refractivity contribution < 1.29 is 0 Å². The lowest BCUT2D eigenvalue weighted by molar-refractivity contribution is -0.0138. The number of rotatable bonds is 1. The Kier molecular flexibility index (Phi) is 2.95. The summed E-state index contributed by atoms with van der Waals surface area (Å²) >= 11 is 0. The third-order valence-electron chi connectivity index (χ3n) is 7.77. The summed E-state index contributed by atoms with van der Waals surface area (Å²) in [6, 6.07) is 0. The molecule has 0 bridgehead atoms. The van der Waals surface area contributed by atoms with Crippen LogP contribution in [0.25, 0.3) is 0 Å². The molecule has 4 aliphatic rings. The van der Waals surface area contributed by atoms with Crippen LogP contribution in [0.3, 0.4) is 0 Å². The van der Waals surface area contributed by atoms with Gasteiger partial charge in [-0.3, -0.25) is 0 Å². The van der Waals surface area contributed by atoms with Crippen molar-refractivity contribution in [3.05, 3.63) is 24.3 Å². The summed E-state index contributed by atoms with van der Waals surface area (Å²) in [6.07, 6.45) is 19.5. The highest BCUT2D eigenvalue weighted by Crippen LogP contribution is 2.65. The Labute approximate surface area is 124 Å². The molecular formula is C20H30. The first kappa shape index (κ1) is 13.2. The fraction of sp³-hybridized carbons (Fsp3) is 0.800. The highest BCUT2D eigenvalue weighted by Gasteiger charge is 2.55. The Morgan fingerprint density at radius 3 is 2.85 bits per heavy atom. The normalized spacial score (nSPS) is 50.6. The van der Waals surface area contributed by atoms with Gasteiger partial charge in [0.2, 0.25) is 0 Å². The first-order valence-electron chi connectivity index (χ1n) is 9.03. The van der Waals surface area contributed by atoms with Gasteiger partial charge in [0.1, 0.15) is 0 Å². The van der Waals surface area contributed by atoms with Crippen molar-refractivity contribution in [3.63, 3.8) is 0 Å². The molecule has 3 fully saturated rings. The van der Waals surface area contributed by atoms with E-state index in [9.17, 15) is 0 Å². The van der Waals surface area contributed by atoms with Crippen LogP contribution in [-0.4, -0.2) is 0 Å². The van der Waals surface area contributed by atoms with E-state index in [-0.39, 0.29) is 0 Å². The molecule has 0 N–H and O–H groups in total. The van der Waals surface area contributed by atoms with E-state index in [2.05, 4.69) is 25.7 Å². The maximum Gasteiger partial charge on any atom is 0.0119 e. The van der Waals surface area contributed by atoms with Crippen molar-refractivity contribution >= 4 is 0 Å². The molecule has 110 valence electrons. The lowest BCUT2D eigenvalue weighted by Crippen LogP contribution is -2.48. The summed E-state index contributed by atoms with van der Waals surface area (Å²) in [5, 5.41) is 0. The fourth-order valence-electron chi connectivity index (χ4n) is 6.75. The lowest BCUT2D eigenvalue weighted by Gasteiger charge is -2.57. The molecule has 0 saturated heterocycles. The number of hydrogen-bond donors (Lipinski definition) is 0. The van der Waals surface area contributed by atoms with Crippen LogP contribution in [-0.2, 0) is 0 Å². The van der Waals surface area contributed by atoms with Gasteiger partial charge in [0.25, 0.3) is 0 Å². The lowest BCUT2D eigenvalue weighted by atomic mass is 9.48. The molecule has 0 aromatic rings. The number of allylic oxidation sites excluding steroid dienone is 3. The zero-order chi connectivity index (χ0) is 13.8. The molecule has 0 aromatic heterocycles. The smallest absolute Gasteiger partial charge is 0.0119 e. The minimum absolute atomic E-state index is 0.408. The highest BCUT2D eigenvalue weighted by atomic mass is 14.6. The summed E-state index contributed by atoms with van der Waals surface area (Å²) in [5.74, 6) is 2.91. The molecule has 0 aromatic carbocycles. The van der Waals surface area contributed by atoms with Crippen LogP contribution >= 0.6 is 0 Å². The monoisotopic (exact) mass is 270 g/mol. The van der Waals surface area contributed by atoms with Crippen LogP contribution in [0.5, 0.6) is 0 Å². The van der Waals surface area contributed by atoms with Gasteiger partial charge >= 0.3 is 0 Å². The minimum Gasteiger partial charge on any atom is -0.102 e. The maximum absolute atomic E-state index is 4.31. The van der Waals surface area contributed by atoms with Crippen molar-refractivity contribution in [1.29, 1.82) is 0 Å². The third kappa shape index (κ3) is 1.60. The Morgan fingerprint density at radius 1 is 1.10 bits per heavy atom. The fourth-order valence-corrected chi connectivity index (χ4v) is 6.75. The van der Waals surface area contributed by atoms with Crippen LogP contribution in [0.2, 0.25) is 0 Å². The molecule has 0 radical (unpaired) electrons. The summed E-state index contributed by atoms with van der Waals surface area (Å²) in [6.45, 7) is 6.91. The van der Waals surface area contributed by atoms with E-state index in [1.54, 1.807) is 5.57 Å². The van der Waals surface area contributed by atoms with Gasteiger partial charge in [0.05, 0.1) is 0 Å². The van der Waals surface area contributed by atoms with E-state index < -0.39 is 0 Å². The van der Waals surface area contributed by atoms with Crippen molar-refractivity contribution in [2.24, 2.45) is 28.6 Å². The standard InChI is InChI=1S/C20H30/c1-3-20-13-5-4-7-15(20)9-10-16-17-8-6-12-19(17,2)14-11-18(16)20/h3,9,16-18H,1,4-8,10-14H2,2H3. The van der Waals surface area contributed by atoms with E-state index in [0.29, 0.717) is 10.8 Å². The van der Waals surface area contributed by atoms with Crippen LogP contribution < -0.4 is 0 Å². The predicted molar refractivity (Wildman–Crippen MR) is 85.5 cm³/mol. The number of fused-ring (bicyclic) bond motifs is 5. The first-order chi connectivity index (χ1) is 9.70. The largest absolute Gasteiger partial charge is 0.102 e. The molecule has 20 heavy (non-hydrogen) atoms. The molecule has 0 spiro atoms. The third-order valence-corrected chi connectivity index (χ3v) is 7.77. The summed E-state index contributed by atoms with van der Waals surface area (Å²) in [4.78, 5) is 0. The zero-order valence-corrected chi connectivity index (χ0v) is 13.2. The second-order valence-electron chi connectivity index (χ2n) is 8.38. The Hall–Kier alpha value is -0.520. The minimum atomic E-state index is 0.408. The molecule has 3 saturated carbocycles. The molecule has 4 aliphatic carbocycles. The van der Waals surface area contributed by atoms with E-state index >= 15 is 0 Å². The van der Waals surface area contributed by atoms with E-state index in [4.69, 9.17) is 0 Å². The van der Waals surface area contributed by atoms with E-state index in [1.165, 1.54) is 64.2 Å². The van der Waals surface area contributed by atoms with Gasteiger partial charge in [-0.2, -0.15) is 0 Å². The second-order valence-corrected chi connectivity index (χ2v) is 8.38. The molecule has 0 heteroatoms. The SMILES string of the molecule is C=CC12CCCCC1=CCC1C3CCCC3(C)CCC12. The van der Waals surface area contributed by atoms with E-state index in [0.717, 1.165) is 17.8 Å². The molecule has 0 nitrogen and oxygen atoms in total. The van der Waals surface area contributed by atoms with Crippen molar-refractivity contribution in [3.8, 4) is 0 Å². The van der Waals surface area contributed by atoms with Crippen molar-refractivity contribution in [2.75, 3.05) is 0 Å². The van der Waals surface area contributed by atoms with Gasteiger partial charge in [0, 0.05) is 5.41 Å². The molecule has 0 amide bonds. The van der Waals surface area contributed by atoms with Gasteiger partial charge in [0.15, 0.2) is 0 Å². The van der Waals surface area contributed by atoms with Crippen LogP contribution in [0, 0.1) is 28.6 Å². The number of hydrogen-bond acceptors (Lipinski definition) is 0. The van der Waals surface area contributed by atoms with Gasteiger partial charge < -0.3 is 0 Å². The van der Waals surface area contributed by atoms with Gasteiger partial charge in [-0.05, 0) is 74.5 Å². The predicted octanol–water partition coefficient (Wildman–Crippen LogP) is 5.90. The van der Waals surface area contributed by atoms with Crippen molar-refractivity contribution in [1.82, 2.24) is 0 Å². The van der Waals surface area contributed by atoms with E-state index in [1.807, 2.05) is 0 Å². The molecule has 4 rings (SSSR count). The zero-order valence-electron chi connectivity index (χ0n) is 13.2. The highest BCUT2D eigenvalue weighted by molar-refractivity contribution is 5.30. The van der Waals surface area contributed by atoms with Crippen molar-refractivity contribution in [2.45, 2.75) is 71.1 Å².